The van der Waals surface area contributed by atoms with Gasteiger partial charge in [-0.25, -0.2) is 18.6 Å². The zero-order valence-corrected chi connectivity index (χ0v) is 15.8. The smallest absolute Gasteiger partial charge is 0.338 e. The van der Waals surface area contributed by atoms with Gasteiger partial charge in [0.2, 0.25) is 0 Å². The lowest BCUT2D eigenvalue weighted by molar-refractivity contribution is -0.118. The Hall–Kier alpha value is -3.09. The first-order valence-electron chi connectivity index (χ1n) is 8.96. The van der Waals surface area contributed by atoms with E-state index in [9.17, 15) is 18.4 Å². The minimum atomic E-state index is -1.55. The second-order valence-corrected chi connectivity index (χ2v) is 6.83. The lowest BCUT2D eigenvalue weighted by atomic mass is 9.97. The van der Waals surface area contributed by atoms with Crippen LogP contribution < -0.4 is 0 Å². The van der Waals surface area contributed by atoms with E-state index in [0.29, 0.717) is 30.2 Å². The monoisotopic (exact) mass is 386 g/mol. The average molecular weight is 386 g/mol. The van der Waals surface area contributed by atoms with E-state index in [1.165, 1.54) is 6.92 Å². The molecule has 0 spiro atoms. The number of fused-ring (bicyclic) bond motifs is 1. The van der Waals surface area contributed by atoms with Crippen LogP contribution >= 0.6 is 0 Å². The molecule has 0 aliphatic heterocycles. The summed E-state index contributed by atoms with van der Waals surface area (Å²) in [6.07, 6.45) is 2.81. The molecular formula is C21H20F2N2O3. The zero-order chi connectivity index (χ0) is 20.6. The van der Waals surface area contributed by atoms with Gasteiger partial charge in [-0.1, -0.05) is 6.92 Å². The number of imidazole rings is 1. The molecule has 0 unspecified atom stereocenters. The van der Waals surface area contributed by atoms with Gasteiger partial charge in [0.25, 0.3) is 0 Å². The molecule has 0 amide bonds. The molecule has 146 valence electrons. The first-order chi connectivity index (χ1) is 13.2. The molecule has 0 bridgehead atoms. The van der Waals surface area contributed by atoms with E-state index in [1.807, 2.05) is 19.9 Å². The Morgan fingerprint density at radius 1 is 1.21 bits per heavy atom. The Morgan fingerprint density at radius 2 is 1.93 bits per heavy atom. The molecule has 0 atom stereocenters. The van der Waals surface area contributed by atoms with Gasteiger partial charge in [-0.2, -0.15) is 0 Å². The van der Waals surface area contributed by atoms with E-state index in [1.54, 1.807) is 16.7 Å². The second kappa shape index (κ2) is 7.50. The Bertz CT molecular complexity index is 1100. The summed E-state index contributed by atoms with van der Waals surface area (Å²) < 4.78 is 31.1. The number of aromatic nitrogens is 2. The number of pyridine rings is 1. The van der Waals surface area contributed by atoms with Gasteiger partial charge in [-0.05, 0) is 49.6 Å². The SMILES string of the molecule is CCCC(=O)Cc1c(-c2c(F)cc(C(=O)O)c(F)c2C)nc2cc(C)ccn12. The van der Waals surface area contributed by atoms with Crippen LogP contribution in [0.3, 0.4) is 0 Å². The maximum atomic E-state index is 14.8. The summed E-state index contributed by atoms with van der Waals surface area (Å²) in [4.78, 5) is 27.9. The number of nitrogens with zero attached hydrogens (tertiary/aromatic N) is 2. The van der Waals surface area contributed by atoms with Gasteiger partial charge in [-0.3, -0.25) is 4.79 Å². The van der Waals surface area contributed by atoms with Crippen molar-refractivity contribution < 1.29 is 23.5 Å². The summed E-state index contributed by atoms with van der Waals surface area (Å²) in [7, 11) is 0. The molecule has 0 radical (unpaired) electrons. The molecular weight excluding hydrogens is 366 g/mol. The molecule has 0 aliphatic rings. The van der Waals surface area contributed by atoms with E-state index in [0.717, 1.165) is 5.56 Å². The Kier molecular flexibility index (Phi) is 5.27. The van der Waals surface area contributed by atoms with Crippen LogP contribution in [-0.2, 0) is 11.2 Å². The number of carboxylic acid groups (broad SMARTS) is 1. The van der Waals surface area contributed by atoms with Crippen molar-refractivity contribution in [3.8, 4) is 11.3 Å². The van der Waals surface area contributed by atoms with Gasteiger partial charge in [0.05, 0.1) is 17.0 Å². The van der Waals surface area contributed by atoms with Crippen molar-refractivity contribution in [2.45, 2.75) is 40.0 Å². The number of halogens is 2. The quantitative estimate of drug-likeness (QED) is 0.677. The van der Waals surface area contributed by atoms with E-state index in [4.69, 9.17) is 5.11 Å². The fraction of sp³-hybridized carbons (Fsp3) is 0.286. The van der Waals surface area contributed by atoms with Gasteiger partial charge in [-0.15, -0.1) is 0 Å². The molecule has 3 aromatic rings. The number of carbonyl (C=O) groups is 2. The van der Waals surface area contributed by atoms with E-state index in [2.05, 4.69) is 4.98 Å². The molecule has 28 heavy (non-hydrogen) atoms. The summed E-state index contributed by atoms with van der Waals surface area (Å²) >= 11 is 0. The number of hydrogen-bond acceptors (Lipinski definition) is 3. The molecule has 3 rings (SSSR count). The van der Waals surface area contributed by atoms with E-state index < -0.39 is 23.2 Å². The van der Waals surface area contributed by atoms with Crippen LogP contribution in [0.4, 0.5) is 8.78 Å². The van der Waals surface area contributed by atoms with E-state index in [-0.39, 0.29) is 29.0 Å². The van der Waals surface area contributed by atoms with Gasteiger partial charge in [0.1, 0.15) is 23.1 Å². The van der Waals surface area contributed by atoms with Crippen LogP contribution in [-0.4, -0.2) is 26.2 Å². The van der Waals surface area contributed by atoms with Crippen molar-refractivity contribution in [2.24, 2.45) is 0 Å². The predicted octanol–water partition coefficient (Wildman–Crippen LogP) is 4.51. The number of aromatic carboxylic acids is 1. The minimum absolute atomic E-state index is 0.0224. The number of carboxylic acids is 1. The largest absolute Gasteiger partial charge is 0.478 e. The normalized spacial score (nSPS) is 11.2. The third-order valence-electron chi connectivity index (χ3n) is 4.69. The summed E-state index contributed by atoms with van der Waals surface area (Å²) in [6.45, 7) is 5.08. The maximum Gasteiger partial charge on any atom is 0.338 e. The van der Waals surface area contributed by atoms with E-state index >= 15 is 0 Å². The summed E-state index contributed by atoms with van der Waals surface area (Å²) in [6, 6.07) is 4.28. The number of hydrogen-bond donors (Lipinski definition) is 1. The van der Waals surface area contributed by atoms with Crippen LogP contribution in [0.2, 0.25) is 0 Å². The Morgan fingerprint density at radius 3 is 2.57 bits per heavy atom. The molecule has 7 heteroatoms. The molecule has 1 aromatic carbocycles. The van der Waals surface area contributed by atoms with Crippen LogP contribution in [0, 0.1) is 25.5 Å². The lowest BCUT2D eigenvalue weighted by Gasteiger charge is -2.11. The van der Waals surface area contributed by atoms with Crippen molar-refractivity contribution in [3.63, 3.8) is 0 Å². The third kappa shape index (κ3) is 3.40. The summed E-state index contributed by atoms with van der Waals surface area (Å²) in [5.41, 5.74) is 1.04. The Labute approximate surface area is 160 Å². The standard InChI is InChI=1S/C21H20F2N2O3/c1-4-5-13(26)9-16-20(24-17-8-11(2)6-7-25(16)17)18-12(3)19(23)14(21(27)28)10-15(18)22/h6-8,10H,4-5,9H2,1-3H3,(H,27,28). The number of rotatable bonds is 6. The summed E-state index contributed by atoms with van der Waals surface area (Å²) in [5, 5.41) is 9.08. The van der Waals surface area contributed by atoms with Crippen LogP contribution in [0.1, 0.15) is 46.9 Å². The van der Waals surface area contributed by atoms with Gasteiger partial charge >= 0.3 is 5.97 Å². The molecule has 1 N–H and O–H groups in total. The number of Topliss-reactive ketones (excluding diaryl/α,β-unsaturated/α-hetero) is 1. The van der Waals surface area contributed by atoms with Gasteiger partial charge in [0, 0.05) is 24.6 Å². The first-order valence-corrected chi connectivity index (χ1v) is 8.96. The number of ketones is 1. The highest BCUT2D eigenvalue weighted by Gasteiger charge is 2.25. The van der Waals surface area contributed by atoms with Gasteiger partial charge in [0.15, 0.2) is 0 Å². The molecule has 0 fully saturated rings. The highest BCUT2D eigenvalue weighted by atomic mass is 19.1. The van der Waals surface area contributed by atoms with Crippen molar-refractivity contribution in [2.75, 3.05) is 0 Å². The van der Waals surface area contributed by atoms with Crippen LogP contribution in [0.15, 0.2) is 24.4 Å². The number of carbonyl (C=O) groups excluding carboxylic acids is 1. The number of aryl methyl sites for hydroxylation is 1. The fourth-order valence-electron chi connectivity index (χ4n) is 3.32. The van der Waals surface area contributed by atoms with Crippen molar-refractivity contribution in [1.29, 1.82) is 0 Å². The fourth-order valence-corrected chi connectivity index (χ4v) is 3.32. The van der Waals surface area contributed by atoms with Gasteiger partial charge < -0.3 is 9.51 Å². The zero-order valence-electron chi connectivity index (χ0n) is 15.8. The summed E-state index contributed by atoms with van der Waals surface area (Å²) in [5.74, 6) is -3.48. The highest BCUT2D eigenvalue weighted by Crippen LogP contribution is 2.33. The molecule has 2 heterocycles. The van der Waals surface area contributed by atoms with Crippen molar-refractivity contribution >= 4 is 17.4 Å². The first kappa shape index (κ1) is 19.7. The number of benzene rings is 1. The van der Waals surface area contributed by atoms with Crippen LogP contribution in [0.25, 0.3) is 16.9 Å². The predicted molar refractivity (Wildman–Crippen MR) is 101 cm³/mol. The molecule has 2 aromatic heterocycles. The molecule has 0 saturated carbocycles. The minimum Gasteiger partial charge on any atom is -0.478 e. The Balaban J connectivity index is 2.30. The van der Waals surface area contributed by atoms with Crippen molar-refractivity contribution in [1.82, 2.24) is 9.38 Å². The second-order valence-electron chi connectivity index (χ2n) is 6.83. The molecule has 0 saturated heterocycles. The average Bonchev–Trinajstić information content (AvgIpc) is 2.95. The van der Waals surface area contributed by atoms with Crippen LogP contribution in [0.5, 0.6) is 0 Å². The molecule has 5 nitrogen and oxygen atoms in total. The molecule has 0 aliphatic carbocycles. The van der Waals surface area contributed by atoms with Crippen molar-refractivity contribution in [3.05, 3.63) is 58.4 Å². The third-order valence-corrected chi connectivity index (χ3v) is 4.69. The lowest BCUT2D eigenvalue weighted by Crippen LogP contribution is -2.09. The topological polar surface area (TPSA) is 71.7 Å². The maximum absolute atomic E-state index is 14.8. The highest BCUT2D eigenvalue weighted by molar-refractivity contribution is 5.90.